The van der Waals surface area contributed by atoms with E-state index in [2.05, 4.69) is 22.4 Å². The number of likely N-dealkylation sites (tertiary alicyclic amines) is 1. The third kappa shape index (κ3) is 5.56. The Morgan fingerprint density at radius 2 is 1.76 bits per heavy atom. The minimum Gasteiger partial charge on any atom is -1.00 e. The maximum atomic E-state index is 13.7. The fourth-order valence-corrected chi connectivity index (χ4v) is 7.41. The normalized spacial score (nSPS) is 26.4. The lowest BCUT2D eigenvalue weighted by molar-refractivity contribution is -0.938. The zero-order chi connectivity index (χ0) is 24.5. The molecule has 3 aromatic rings. The summed E-state index contributed by atoms with van der Waals surface area (Å²) in [5, 5.41) is 3.21. The predicted octanol–water partition coefficient (Wildman–Crippen LogP) is 2.47. The lowest BCUT2D eigenvalue weighted by atomic mass is 9.82. The summed E-state index contributed by atoms with van der Waals surface area (Å²) in [6.07, 6.45) is 5.42. The molecule has 0 saturated carbocycles. The third-order valence-corrected chi connectivity index (χ3v) is 9.55. The molecule has 0 N–H and O–H groups in total. The molecular weight excluding hydrogens is 548 g/mol. The van der Waals surface area contributed by atoms with Gasteiger partial charge in [-0.1, -0.05) is 36.8 Å². The van der Waals surface area contributed by atoms with Crippen molar-refractivity contribution in [3.63, 3.8) is 0 Å². The smallest absolute Gasteiger partial charge is 0.328 e. The van der Waals surface area contributed by atoms with Crippen LogP contribution in [0.15, 0.2) is 60.0 Å². The van der Waals surface area contributed by atoms with Crippen molar-refractivity contribution in [2.24, 2.45) is 5.92 Å². The topological polar surface area (TPSA) is 46.6 Å². The predicted molar refractivity (Wildman–Crippen MR) is 143 cm³/mol. The molecule has 2 atom stereocenters. The number of carbonyl (C=O) groups is 2. The summed E-state index contributed by atoms with van der Waals surface area (Å²) < 4.78 is 8.31. The number of fused-ring (bicyclic) bond motifs is 4. The van der Waals surface area contributed by atoms with Gasteiger partial charge in [-0.3, -0.25) is 9.69 Å². The van der Waals surface area contributed by atoms with Crippen LogP contribution in [-0.2, 0) is 9.53 Å². The van der Waals surface area contributed by atoms with Gasteiger partial charge in [-0.2, -0.15) is 0 Å². The molecule has 0 amide bonds. The number of carbonyl (C=O) groups excluding carboxylic acids is 2. The van der Waals surface area contributed by atoms with Crippen LogP contribution in [0.1, 0.15) is 54.1 Å². The number of nitrogens with zero attached hydrogens (tertiary/aromatic N) is 2. The largest absolute Gasteiger partial charge is 1.00 e. The van der Waals surface area contributed by atoms with Crippen LogP contribution in [0.3, 0.4) is 0 Å². The summed E-state index contributed by atoms with van der Waals surface area (Å²) in [5.41, 5.74) is 1.82. The van der Waals surface area contributed by atoms with E-state index < -0.39 is 0 Å². The van der Waals surface area contributed by atoms with E-state index in [9.17, 15) is 9.59 Å². The second-order valence-corrected chi connectivity index (χ2v) is 11.9. The number of Topliss-reactive ketones (excluding diaryl/α,β-unsaturated/α-hetero) is 1. The number of ether oxygens (including phenoxy) is 1. The zero-order valence-electron chi connectivity index (χ0n) is 21.2. The second-order valence-electron chi connectivity index (χ2n) is 10.9. The minimum atomic E-state index is -0.339. The Balaban J connectivity index is 0.00000280. The van der Waals surface area contributed by atoms with E-state index in [1.54, 1.807) is 11.3 Å². The molecule has 196 valence electrons. The Morgan fingerprint density at radius 1 is 1.00 bits per heavy atom. The van der Waals surface area contributed by atoms with Gasteiger partial charge in [0, 0.05) is 29.0 Å². The molecule has 2 bridgehead atoms. The average molecular weight is 584 g/mol. The number of benzene rings is 2. The van der Waals surface area contributed by atoms with Crippen molar-refractivity contribution in [2.45, 2.75) is 44.2 Å². The van der Waals surface area contributed by atoms with E-state index in [0.717, 1.165) is 79.4 Å². The van der Waals surface area contributed by atoms with Gasteiger partial charge in [0.2, 0.25) is 5.78 Å². The quantitative estimate of drug-likeness (QED) is 0.244. The standard InChI is InChI=1S/C30H35N2O3S.BrH/c33-26(24-9-10-28-25(19-24)13-18-36-28)20-32-16-11-22(12-17-32)27(21-32)35-30(34)29(23-7-3-1-4-8-23)31-14-5-2-6-15-31;/h1,3-4,7-10,13,18-19,22,27,29H,2,5-6,11-12,14-17,20-21H2;1H/q+1;/p-1/t22?,27-,29-,32?;/m0./s1. The van der Waals surface area contributed by atoms with Crippen LogP contribution in [0.4, 0.5) is 0 Å². The Bertz CT molecular complexity index is 1230. The number of piperidine rings is 4. The Kier molecular flexibility index (Phi) is 8.15. The Morgan fingerprint density at radius 3 is 2.51 bits per heavy atom. The molecular formula is C30H35BrN2O3S. The van der Waals surface area contributed by atoms with E-state index >= 15 is 0 Å². The molecule has 7 heteroatoms. The number of ketones is 1. The number of thiophene rings is 1. The molecule has 0 radical (unpaired) electrons. The Labute approximate surface area is 233 Å². The van der Waals surface area contributed by atoms with Crippen LogP contribution < -0.4 is 17.0 Å². The molecule has 37 heavy (non-hydrogen) atoms. The molecule has 4 aliphatic rings. The van der Waals surface area contributed by atoms with Crippen molar-refractivity contribution < 1.29 is 35.8 Å². The monoisotopic (exact) mass is 582 g/mol. The maximum absolute atomic E-state index is 13.7. The minimum absolute atomic E-state index is 0. The molecule has 2 aromatic carbocycles. The van der Waals surface area contributed by atoms with Crippen LogP contribution in [0.5, 0.6) is 0 Å². The van der Waals surface area contributed by atoms with E-state index in [1.807, 2.05) is 42.5 Å². The number of hydrogen-bond acceptors (Lipinski definition) is 5. The molecule has 4 fully saturated rings. The van der Waals surface area contributed by atoms with E-state index in [-0.39, 0.29) is 40.9 Å². The highest BCUT2D eigenvalue weighted by atomic mass is 79.9. The van der Waals surface area contributed by atoms with Crippen LogP contribution in [0.2, 0.25) is 0 Å². The molecule has 4 aliphatic heterocycles. The molecule has 0 spiro atoms. The summed E-state index contributed by atoms with van der Waals surface area (Å²) in [7, 11) is 0. The third-order valence-electron chi connectivity index (χ3n) is 8.66. The second kappa shape index (κ2) is 11.4. The van der Waals surface area contributed by atoms with Crippen molar-refractivity contribution >= 4 is 33.2 Å². The van der Waals surface area contributed by atoms with Crippen molar-refractivity contribution in [1.82, 2.24) is 4.90 Å². The first kappa shape index (κ1) is 26.5. The number of hydrogen-bond donors (Lipinski definition) is 0. The van der Waals surface area contributed by atoms with Crippen LogP contribution in [0, 0.1) is 5.92 Å². The van der Waals surface area contributed by atoms with Crippen LogP contribution >= 0.6 is 11.3 Å². The zero-order valence-corrected chi connectivity index (χ0v) is 23.6. The van der Waals surface area contributed by atoms with Gasteiger partial charge < -0.3 is 26.2 Å². The summed E-state index contributed by atoms with van der Waals surface area (Å²) in [4.78, 5) is 29.4. The van der Waals surface area contributed by atoms with Gasteiger partial charge in [0.05, 0.1) is 13.1 Å². The summed E-state index contributed by atoms with van der Waals surface area (Å²) in [6, 6.07) is 17.9. The molecule has 5 heterocycles. The lowest BCUT2D eigenvalue weighted by Crippen LogP contribution is -3.00. The van der Waals surface area contributed by atoms with Gasteiger partial charge in [-0.15, -0.1) is 11.3 Å². The van der Waals surface area contributed by atoms with Gasteiger partial charge in [-0.25, -0.2) is 4.79 Å². The number of esters is 1. The first-order valence-electron chi connectivity index (χ1n) is 13.5. The van der Waals surface area contributed by atoms with Crippen molar-refractivity contribution in [2.75, 3.05) is 39.3 Å². The highest BCUT2D eigenvalue weighted by Gasteiger charge is 2.49. The molecule has 5 nitrogen and oxygen atoms in total. The molecule has 0 aliphatic carbocycles. The van der Waals surface area contributed by atoms with Crippen molar-refractivity contribution in [3.8, 4) is 0 Å². The number of quaternary nitrogens is 1. The van der Waals surface area contributed by atoms with Gasteiger partial charge in [-0.05, 0) is 66.5 Å². The van der Waals surface area contributed by atoms with Crippen LogP contribution in [0.25, 0.3) is 10.1 Å². The van der Waals surface area contributed by atoms with E-state index in [1.165, 1.54) is 11.1 Å². The lowest BCUT2D eigenvalue weighted by Gasteiger charge is -2.51. The molecule has 7 rings (SSSR count). The van der Waals surface area contributed by atoms with Crippen LogP contribution in [-0.4, -0.2) is 66.5 Å². The number of halogens is 1. The van der Waals surface area contributed by atoms with Gasteiger partial charge >= 0.3 is 5.97 Å². The van der Waals surface area contributed by atoms with E-state index in [4.69, 9.17) is 4.74 Å². The summed E-state index contributed by atoms with van der Waals surface area (Å²) in [5.74, 6) is 0.488. The average Bonchev–Trinajstić information content (AvgIpc) is 3.39. The molecule has 1 aromatic heterocycles. The van der Waals surface area contributed by atoms with Crippen molar-refractivity contribution in [3.05, 3.63) is 71.1 Å². The van der Waals surface area contributed by atoms with Gasteiger partial charge in [0.1, 0.15) is 19.1 Å². The summed E-state index contributed by atoms with van der Waals surface area (Å²) >= 11 is 1.70. The molecule has 4 saturated heterocycles. The highest BCUT2D eigenvalue weighted by molar-refractivity contribution is 7.17. The summed E-state index contributed by atoms with van der Waals surface area (Å²) in [6.45, 7) is 5.12. The Hall–Kier alpha value is -2.06. The maximum Gasteiger partial charge on any atom is 0.328 e. The molecule has 0 unspecified atom stereocenters. The van der Waals surface area contributed by atoms with E-state index in [0.29, 0.717) is 12.5 Å². The van der Waals surface area contributed by atoms with Crippen molar-refractivity contribution in [1.29, 1.82) is 0 Å². The fraction of sp³-hybridized carbons (Fsp3) is 0.467. The first-order chi connectivity index (χ1) is 17.6. The highest BCUT2D eigenvalue weighted by Crippen LogP contribution is 2.37. The van der Waals surface area contributed by atoms with Gasteiger partial charge in [0.15, 0.2) is 6.10 Å². The first-order valence-corrected chi connectivity index (χ1v) is 14.3. The fourth-order valence-electron chi connectivity index (χ4n) is 6.63. The SMILES string of the molecule is O=C(C[N+]12CCC(CC1)[C@@H](OC(=O)[C@H](c1ccccc1)N1CCCCC1)C2)c1ccc2sccc2c1.[Br-]. The van der Waals surface area contributed by atoms with Gasteiger partial charge in [0.25, 0.3) is 0 Å². The number of rotatable bonds is 7.